The Bertz CT molecular complexity index is 399. The van der Waals surface area contributed by atoms with Crippen LogP contribution in [-0.4, -0.2) is 18.8 Å². The SMILES string of the molecule is CCNC(c1c(F)cccc1F)C(CC)(CC)OCC. The van der Waals surface area contributed by atoms with E-state index in [0.29, 0.717) is 26.0 Å². The van der Waals surface area contributed by atoms with Crippen molar-refractivity contribution < 1.29 is 13.5 Å². The molecule has 1 aromatic carbocycles. The summed E-state index contributed by atoms with van der Waals surface area (Å²) in [5, 5.41) is 3.20. The van der Waals surface area contributed by atoms with Gasteiger partial charge in [0.1, 0.15) is 11.6 Å². The molecule has 0 aliphatic heterocycles. The molecule has 0 aliphatic rings. The van der Waals surface area contributed by atoms with Crippen LogP contribution < -0.4 is 5.32 Å². The second-order valence-electron chi connectivity index (χ2n) is 4.83. The number of halogens is 2. The Morgan fingerprint density at radius 2 is 1.65 bits per heavy atom. The van der Waals surface area contributed by atoms with Crippen LogP contribution in [0, 0.1) is 11.6 Å². The third kappa shape index (κ3) is 3.36. The van der Waals surface area contributed by atoms with E-state index in [-0.39, 0.29) is 5.56 Å². The van der Waals surface area contributed by atoms with Crippen molar-refractivity contribution in [2.24, 2.45) is 0 Å². The van der Waals surface area contributed by atoms with Crippen molar-refractivity contribution >= 4 is 0 Å². The number of likely N-dealkylation sites (N-methyl/N-ethyl adjacent to an activating group) is 1. The highest BCUT2D eigenvalue weighted by Crippen LogP contribution is 2.37. The van der Waals surface area contributed by atoms with Gasteiger partial charge in [0.15, 0.2) is 0 Å². The molecule has 0 aromatic heterocycles. The van der Waals surface area contributed by atoms with Crippen LogP contribution >= 0.6 is 0 Å². The van der Waals surface area contributed by atoms with Crippen molar-refractivity contribution in [3.05, 3.63) is 35.4 Å². The molecular weight excluding hydrogens is 260 g/mol. The van der Waals surface area contributed by atoms with Gasteiger partial charge in [0.2, 0.25) is 0 Å². The summed E-state index contributed by atoms with van der Waals surface area (Å²) in [6, 6.07) is 3.48. The highest BCUT2D eigenvalue weighted by atomic mass is 19.1. The van der Waals surface area contributed by atoms with Crippen LogP contribution in [0.3, 0.4) is 0 Å². The maximum absolute atomic E-state index is 14.1. The first-order chi connectivity index (χ1) is 9.56. The molecule has 0 bridgehead atoms. The Labute approximate surface area is 120 Å². The Balaban J connectivity index is 3.34. The lowest BCUT2D eigenvalue weighted by Gasteiger charge is -2.40. The lowest BCUT2D eigenvalue weighted by Crippen LogP contribution is -2.46. The van der Waals surface area contributed by atoms with E-state index < -0.39 is 23.3 Å². The molecule has 20 heavy (non-hydrogen) atoms. The zero-order valence-corrected chi connectivity index (χ0v) is 12.8. The van der Waals surface area contributed by atoms with Gasteiger partial charge in [-0.25, -0.2) is 8.78 Å². The Morgan fingerprint density at radius 1 is 1.10 bits per heavy atom. The zero-order chi connectivity index (χ0) is 15.2. The van der Waals surface area contributed by atoms with Crippen molar-refractivity contribution in [1.82, 2.24) is 5.32 Å². The molecule has 1 rings (SSSR count). The summed E-state index contributed by atoms with van der Waals surface area (Å²) in [6.07, 6.45) is 1.37. The molecule has 1 atom stereocenters. The van der Waals surface area contributed by atoms with Gasteiger partial charge >= 0.3 is 0 Å². The second-order valence-corrected chi connectivity index (χ2v) is 4.83. The van der Waals surface area contributed by atoms with E-state index in [1.807, 2.05) is 27.7 Å². The molecular formula is C16H25F2NO. The topological polar surface area (TPSA) is 21.3 Å². The smallest absolute Gasteiger partial charge is 0.131 e. The van der Waals surface area contributed by atoms with Crippen LogP contribution in [0.25, 0.3) is 0 Å². The van der Waals surface area contributed by atoms with Gasteiger partial charge in [-0.05, 0) is 38.4 Å². The molecule has 0 spiro atoms. The van der Waals surface area contributed by atoms with E-state index in [2.05, 4.69) is 5.32 Å². The van der Waals surface area contributed by atoms with E-state index in [1.54, 1.807) is 0 Å². The van der Waals surface area contributed by atoms with Crippen molar-refractivity contribution in [3.8, 4) is 0 Å². The molecule has 0 heterocycles. The predicted molar refractivity (Wildman–Crippen MR) is 77.7 cm³/mol. The first-order valence-electron chi connectivity index (χ1n) is 7.37. The van der Waals surface area contributed by atoms with E-state index in [0.717, 1.165) is 0 Å². The average molecular weight is 285 g/mol. The van der Waals surface area contributed by atoms with E-state index in [4.69, 9.17) is 4.74 Å². The van der Waals surface area contributed by atoms with Crippen molar-refractivity contribution in [2.75, 3.05) is 13.2 Å². The van der Waals surface area contributed by atoms with Crippen molar-refractivity contribution in [3.63, 3.8) is 0 Å². The average Bonchev–Trinajstić information content (AvgIpc) is 2.44. The minimum Gasteiger partial charge on any atom is -0.373 e. The Kier molecular flexibility index (Phi) is 6.56. The Morgan fingerprint density at radius 3 is 2.05 bits per heavy atom. The number of nitrogens with one attached hydrogen (secondary N) is 1. The normalized spacial score (nSPS) is 13.5. The number of hydrogen-bond donors (Lipinski definition) is 1. The summed E-state index contributed by atoms with van der Waals surface area (Å²) < 4.78 is 34.2. The maximum Gasteiger partial charge on any atom is 0.131 e. The van der Waals surface area contributed by atoms with Crippen LogP contribution in [0.15, 0.2) is 18.2 Å². The molecule has 0 fully saturated rings. The lowest BCUT2D eigenvalue weighted by molar-refractivity contribution is -0.0744. The van der Waals surface area contributed by atoms with Crippen molar-refractivity contribution in [2.45, 2.75) is 52.2 Å². The monoisotopic (exact) mass is 285 g/mol. The minimum atomic E-state index is -0.603. The van der Waals surface area contributed by atoms with Gasteiger partial charge < -0.3 is 10.1 Å². The predicted octanol–water partition coefficient (Wildman–Crippen LogP) is 4.21. The third-order valence-electron chi connectivity index (χ3n) is 3.85. The summed E-state index contributed by atoms with van der Waals surface area (Å²) in [4.78, 5) is 0. The van der Waals surface area contributed by atoms with Crippen LogP contribution in [0.2, 0.25) is 0 Å². The van der Waals surface area contributed by atoms with Gasteiger partial charge in [-0.2, -0.15) is 0 Å². The van der Waals surface area contributed by atoms with Gasteiger partial charge in [0, 0.05) is 12.2 Å². The van der Waals surface area contributed by atoms with Gasteiger partial charge in [-0.3, -0.25) is 0 Å². The second kappa shape index (κ2) is 7.70. The number of benzene rings is 1. The summed E-state index contributed by atoms with van der Waals surface area (Å²) in [5.74, 6) is -1.05. The van der Waals surface area contributed by atoms with E-state index in [9.17, 15) is 8.78 Å². The fraction of sp³-hybridized carbons (Fsp3) is 0.625. The fourth-order valence-electron chi connectivity index (χ4n) is 2.77. The van der Waals surface area contributed by atoms with Crippen molar-refractivity contribution in [1.29, 1.82) is 0 Å². The van der Waals surface area contributed by atoms with Gasteiger partial charge in [-0.1, -0.05) is 26.8 Å². The van der Waals surface area contributed by atoms with E-state index >= 15 is 0 Å². The zero-order valence-electron chi connectivity index (χ0n) is 12.8. The molecule has 4 heteroatoms. The summed E-state index contributed by atoms with van der Waals surface area (Å²) >= 11 is 0. The molecule has 1 N–H and O–H groups in total. The third-order valence-corrected chi connectivity index (χ3v) is 3.85. The molecule has 0 aliphatic carbocycles. The van der Waals surface area contributed by atoms with Gasteiger partial charge in [-0.15, -0.1) is 0 Å². The number of rotatable bonds is 8. The quantitative estimate of drug-likeness (QED) is 0.772. The first-order valence-corrected chi connectivity index (χ1v) is 7.37. The first kappa shape index (κ1) is 17.1. The molecule has 2 nitrogen and oxygen atoms in total. The van der Waals surface area contributed by atoms with Crippen LogP contribution in [0.5, 0.6) is 0 Å². The minimum absolute atomic E-state index is 0.0755. The summed E-state index contributed by atoms with van der Waals surface area (Å²) in [6.45, 7) is 8.94. The molecule has 1 aromatic rings. The highest BCUT2D eigenvalue weighted by Gasteiger charge is 2.39. The number of hydrogen-bond acceptors (Lipinski definition) is 2. The van der Waals surface area contributed by atoms with Gasteiger partial charge in [0.25, 0.3) is 0 Å². The maximum atomic E-state index is 14.1. The lowest BCUT2D eigenvalue weighted by atomic mass is 9.83. The van der Waals surface area contributed by atoms with Crippen LogP contribution in [-0.2, 0) is 4.74 Å². The standard InChI is InChI=1S/C16H25F2NO/c1-5-16(6-2,20-8-4)15(19-7-3)14-12(17)10-9-11-13(14)18/h9-11,15,19H,5-8H2,1-4H3. The molecule has 1 unspecified atom stereocenters. The molecule has 0 saturated carbocycles. The van der Waals surface area contributed by atoms with E-state index in [1.165, 1.54) is 18.2 Å². The van der Waals surface area contributed by atoms with Gasteiger partial charge in [0.05, 0.1) is 11.6 Å². The summed E-state index contributed by atoms with van der Waals surface area (Å²) in [5.41, 5.74) is -0.528. The molecule has 0 amide bonds. The summed E-state index contributed by atoms with van der Waals surface area (Å²) in [7, 11) is 0. The fourth-order valence-corrected chi connectivity index (χ4v) is 2.77. The number of ether oxygens (including phenoxy) is 1. The molecule has 0 radical (unpaired) electrons. The highest BCUT2D eigenvalue weighted by molar-refractivity contribution is 5.26. The Hall–Kier alpha value is -1.00. The van der Waals surface area contributed by atoms with Crippen LogP contribution in [0.1, 0.15) is 52.1 Å². The molecule has 0 saturated heterocycles. The largest absolute Gasteiger partial charge is 0.373 e. The molecule has 114 valence electrons. The van der Waals surface area contributed by atoms with Crippen LogP contribution in [0.4, 0.5) is 8.78 Å².